The number of benzene rings is 2. The van der Waals surface area contributed by atoms with Gasteiger partial charge in [-0.2, -0.15) is 0 Å². The van der Waals surface area contributed by atoms with Gasteiger partial charge in [0.15, 0.2) is 0 Å². The van der Waals surface area contributed by atoms with E-state index >= 15 is 0 Å². The third-order valence-electron chi connectivity index (χ3n) is 3.96. The van der Waals surface area contributed by atoms with Gasteiger partial charge in [0.1, 0.15) is 0 Å². The second kappa shape index (κ2) is 10.1. The molecule has 0 saturated carbocycles. The topological polar surface area (TPSA) is 52.7 Å². The van der Waals surface area contributed by atoms with E-state index in [-0.39, 0.29) is 11.8 Å². The minimum Gasteiger partial charge on any atom is -0.348 e. The van der Waals surface area contributed by atoms with Gasteiger partial charge in [0.2, 0.25) is 5.91 Å². The van der Waals surface area contributed by atoms with Crippen LogP contribution in [0.2, 0.25) is 0 Å². The molecule has 0 aromatic heterocycles. The summed E-state index contributed by atoms with van der Waals surface area (Å²) in [6.45, 7) is 1.36. The van der Waals surface area contributed by atoms with Gasteiger partial charge in [-0.15, -0.1) is 11.8 Å². The molecule has 0 aliphatic carbocycles. The van der Waals surface area contributed by atoms with E-state index < -0.39 is 0 Å². The summed E-state index contributed by atoms with van der Waals surface area (Å²) in [6.07, 6.45) is 0. The zero-order chi connectivity index (χ0) is 19.8. The lowest BCUT2D eigenvalue weighted by atomic mass is 10.1. The minimum atomic E-state index is -0.132. The molecule has 2 rings (SSSR count). The van der Waals surface area contributed by atoms with Gasteiger partial charge in [0, 0.05) is 32.1 Å². The van der Waals surface area contributed by atoms with E-state index in [4.69, 9.17) is 0 Å². The molecular formula is C21H27N3O2S. The van der Waals surface area contributed by atoms with Gasteiger partial charge < -0.3 is 15.1 Å². The van der Waals surface area contributed by atoms with Crippen molar-refractivity contribution in [2.45, 2.75) is 18.0 Å². The number of thioether (sulfide) groups is 1. The number of rotatable bonds is 8. The molecular weight excluding hydrogens is 358 g/mol. The Morgan fingerprint density at radius 2 is 1.56 bits per heavy atom. The van der Waals surface area contributed by atoms with Crippen LogP contribution in [0.1, 0.15) is 21.5 Å². The SMILES string of the molecule is CN(C)Cc1ccc(CNC(=O)c2ccccc2SCC(=O)N(C)C)cc1. The van der Waals surface area contributed by atoms with Crippen LogP contribution in [-0.2, 0) is 17.9 Å². The second-order valence-corrected chi connectivity index (χ2v) is 7.83. The molecule has 0 atom stereocenters. The van der Waals surface area contributed by atoms with Crippen LogP contribution in [0.4, 0.5) is 0 Å². The maximum atomic E-state index is 12.6. The summed E-state index contributed by atoms with van der Waals surface area (Å²) < 4.78 is 0. The summed E-state index contributed by atoms with van der Waals surface area (Å²) in [5.41, 5.74) is 2.89. The first-order valence-electron chi connectivity index (χ1n) is 8.79. The smallest absolute Gasteiger partial charge is 0.252 e. The number of hydrogen-bond donors (Lipinski definition) is 1. The molecule has 0 spiro atoms. The number of nitrogens with zero attached hydrogens (tertiary/aromatic N) is 2. The number of carbonyl (C=O) groups excluding carboxylic acids is 2. The molecule has 0 aliphatic heterocycles. The van der Waals surface area contributed by atoms with E-state index in [2.05, 4.69) is 22.3 Å². The Morgan fingerprint density at radius 1 is 0.926 bits per heavy atom. The van der Waals surface area contributed by atoms with E-state index in [0.29, 0.717) is 17.9 Å². The quantitative estimate of drug-likeness (QED) is 0.710. The molecule has 0 unspecified atom stereocenters. The fourth-order valence-electron chi connectivity index (χ4n) is 2.45. The van der Waals surface area contributed by atoms with E-state index in [1.54, 1.807) is 25.1 Å². The third-order valence-corrected chi connectivity index (χ3v) is 5.01. The molecule has 0 heterocycles. The number of carbonyl (C=O) groups is 2. The van der Waals surface area contributed by atoms with Gasteiger partial charge in [0.05, 0.1) is 11.3 Å². The van der Waals surface area contributed by atoms with Gasteiger partial charge >= 0.3 is 0 Å². The van der Waals surface area contributed by atoms with Crippen LogP contribution < -0.4 is 5.32 Å². The number of amides is 2. The summed E-state index contributed by atoms with van der Waals surface area (Å²) in [7, 11) is 7.53. The van der Waals surface area contributed by atoms with E-state index in [1.807, 2.05) is 44.4 Å². The second-order valence-electron chi connectivity index (χ2n) is 6.81. The molecule has 1 N–H and O–H groups in total. The minimum absolute atomic E-state index is 0.0213. The Morgan fingerprint density at radius 3 is 2.19 bits per heavy atom. The number of nitrogens with one attached hydrogen (secondary N) is 1. The Bertz CT molecular complexity index is 773. The van der Waals surface area contributed by atoms with Crippen LogP contribution in [0.25, 0.3) is 0 Å². The highest BCUT2D eigenvalue weighted by Crippen LogP contribution is 2.23. The highest BCUT2D eigenvalue weighted by atomic mass is 32.2. The van der Waals surface area contributed by atoms with Crippen molar-refractivity contribution in [1.82, 2.24) is 15.1 Å². The van der Waals surface area contributed by atoms with Crippen molar-refractivity contribution in [3.8, 4) is 0 Å². The summed E-state index contributed by atoms with van der Waals surface area (Å²) >= 11 is 1.38. The molecule has 0 aliphatic rings. The van der Waals surface area contributed by atoms with Gasteiger partial charge in [-0.25, -0.2) is 0 Å². The number of hydrogen-bond acceptors (Lipinski definition) is 4. The highest BCUT2D eigenvalue weighted by molar-refractivity contribution is 8.00. The maximum absolute atomic E-state index is 12.6. The van der Waals surface area contributed by atoms with Gasteiger partial charge in [-0.1, -0.05) is 36.4 Å². The normalized spacial score (nSPS) is 10.7. The van der Waals surface area contributed by atoms with Crippen LogP contribution in [0.3, 0.4) is 0 Å². The van der Waals surface area contributed by atoms with Crippen molar-refractivity contribution < 1.29 is 9.59 Å². The first-order chi connectivity index (χ1) is 12.9. The van der Waals surface area contributed by atoms with Crippen LogP contribution in [-0.4, -0.2) is 55.6 Å². The van der Waals surface area contributed by atoms with Gasteiger partial charge in [-0.05, 0) is 37.4 Å². The Hall–Kier alpha value is -2.31. The molecule has 144 valence electrons. The zero-order valence-corrected chi connectivity index (χ0v) is 17.2. The summed E-state index contributed by atoms with van der Waals surface area (Å²) in [4.78, 5) is 28.9. The first-order valence-corrected chi connectivity index (χ1v) is 9.78. The van der Waals surface area contributed by atoms with E-state index in [9.17, 15) is 9.59 Å². The molecule has 2 aromatic rings. The first kappa shape index (κ1) is 21.0. The van der Waals surface area contributed by atoms with Gasteiger partial charge in [0.25, 0.3) is 5.91 Å². The van der Waals surface area contributed by atoms with E-state index in [0.717, 1.165) is 17.0 Å². The molecule has 27 heavy (non-hydrogen) atoms. The van der Waals surface area contributed by atoms with Crippen LogP contribution in [0, 0.1) is 0 Å². The van der Waals surface area contributed by atoms with Crippen LogP contribution in [0.5, 0.6) is 0 Å². The molecule has 5 nitrogen and oxygen atoms in total. The predicted octanol–water partition coefficient (Wildman–Crippen LogP) is 2.86. The Labute approximate surface area is 165 Å². The van der Waals surface area contributed by atoms with Crippen molar-refractivity contribution in [2.75, 3.05) is 33.9 Å². The molecule has 0 saturated heterocycles. The van der Waals surface area contributed by atoms with E-state index in [1.165, 1.54) is 17.3 Å². The molecule has 6 heteroatoms. The lowest BCUT2D eigenvalue weighted by Gasteiger charge is -2.13. The average molecular weight is 386 g/mol. The zero-order valence-electron chi connectivity index (χ0n) is 16.4. The van der Waals surface area contributed by atoms with Crippen LogP contribution >= 0.6 is 11.8 Å². The predicted molar refractivity (Wildman–Crippen MR) is 111 cm³/mol. The molecule has 2 aromatic carbocycles. The Kier molecular flexibility index (Phi) is 7.88. The van der Waals surface area contributed by atoms with Crippen molar-refractivity contribution in [1.29, 1.82) is 0 Å². The fourth-order valence-corrected chi connectivity index (χ4v) is 3.48. The summed E-state index contributed by atoms with van der Waals surface area (Å²) in [5.74, 6) is 0.200. The maximum Gasteiger partial charge on any atom is 0.252 e. The summed E-state index contributed by atoms with van der Waals surface area (Å²) in [5, 5.41) is 2.97. The summed E-state index contributed by atoms with van der Waals surface area (Å²) in [6, 6.07) is 15.6. The molecule has 2 amide bonds. The van der Waals surface area contributed by atoms with Crippen molar-refractivity contribution in [3.05, 3.63) is 65.2 Å². The lowest BCUT2D eigenvalue weighted by molar-refractivity contribution is -0.125. The Balaban J connectivity index is 1.96. The lowest BCUT2D eigenvalue weighted by Crippen LogP contribution is -2.25. The fraction of sp³-hybridized carbons (Fsp3) is 0.333. The average Bonchev–Trinajstić information content (AvgIpc) is 2.65. The standard InChI is InChI=1S/C21H27N3O2S/c1-23(2)14-17-11-9-16(10-12-17)13-22-21(26)18-7-5-6-8-19(18)27-15-20(25)24(3)4/h5-12H,13-15H2,1-4H3,(H,22,26). The van der Waals surface area contributed by atoms with Crippen molar-refractivity contribution >= 4 is 23.6 Å². The molecule has 0 radical (unpaired) electrons. The largest absolute Gasteiger partial charge is 0.348 e. The van der Waals surface area contributed by atoms with Gasteiger partial charge in [-0.3, -0.25) is 9.59 Å². The molecule has 0 bridgehead atoms. The third kappa shape index (κ3) is 6.73. The van der Waals surface area contributed by atoms with Crippen molar-refractivity contribution in [3.63, 3.8) is 0 Å². The van der Waals surface area contributed by atoms with Crippen molar-refractivity contribution in [2.24, 2.45) is 0 Å². The van der Waals surface area contributed by atoms with Crippen LogP contribution in [0.15, 0.2) is 53.4 Å². The highest BCUT2D eigenvalue weighted by Gasteiger charge is 2.13. The molecule has 0 fully saturated rings. The monoisotopic (exact) mass is 385 g/mol.